The van der Waals surface area contributed by atoms with E-state index < -0.39 is 24.1 Å². The van der Waals surface area contributed by atoms with Crippen LogP contribution >= 0.6 is 47.8 Å². The van der Waals surface area contributed by atoms with Gasteiger partial charge in [0, 0.05) is 17.7 Å². The summed E-state index contributed by atoms with van der Waals surface area (Å²) in [7, 11) is 1.48. The highest BCUT2D eigenvalue weighted by atomic mass is 79.9. The highest BCUT2D eigenvalue weighted by Gasteiger charge is 2.23. The molecule has 0 radical (unpaired) electrons. The van der Waals surface area contributed by atoms with Crippen molar-refractivity contribution in [3.05, 3.63) is 43.0 Å². The summed E-state index contributed by atoms with van der Waals surface area (Å²) in [4.78, 5) is 12.2. The average molecular weight is 546 g/mol. The number of aromatic nitrogens is 2. The molecule has 25 heavy (non-hydrogen) atoms. The first kappa shape index (κ1) is 20.3. The molecule has 1 N–H and O–H groups in total. The van der Waals surface area contributed by atoms with Crippen molar-refractivity contribution in [1.82, 2.24) is 15.1 Å². The largest absolute Gasteiger partial charge is 0.489 e. The predicted octanol–water partition coefficient (Wildman–Crippen LogP) is 4.84. The van der Waals surface area contributed by atoms with Gasteiger partial charge in [-0.2, -0.15) is 5.10 Å². The van der Waals surface area contributed by atoms with Crippen LogP contribution in [0.3, 0.4) is 0 Å². The van der Waals surface area contributed by atoms with Gasteiger partial charge in [-0.25, -0.2) is 8.78 Å². The fourth-order valence-electron chi connectivity index (χ4n) is 2.06. The second-order valence-electron chi connectivity index (χ2n) is 5.29. The molecule has 10 heteroatoms. The molecule has 0 aliphatic heterocycles. The number of carbonyl (C=O) groups excluding carboxylic acids is 1. The minimum Gasteiger partial charge on any atom is -0.489 e. The van der Waals surface area contributed by atoms with Gasteiger partial charge in [0.2, 0.25) is 0 Å². The van der Waals surface area contributed by atoms with Crippen LogP contribution in [0.15, 0.2) is 31.7 Å². The summed E-state index contributed by atoms with van der Waals surface area (Å²) in [5.41, 5.74) is -0.679. The zero-order valence-corrected chi connectivity index (χ0v) is 18.0. The van der Waals surface area contributed by atoms with Crippen molar-refractivity contribution in [1.29, 1.82) is 0 Å². The quantitative estimate of drug-likeness (QED) is 0.565. The topological polar surface area (TPSA) is 56.1 Å². The van der Waals surface area contributed by atoms with E-state index in [4.69, 9.17) is 4.74 Å². The van der Waals surface area contributed by atoms with E-state index in [0.717, 1.165) is 13.4 Å². The highest BCUT2D eigenvalue weighted by molar-refractivity contribution is 9.11. The Bertz CT molecular complexity index is 760. The van der Waals surface area contributed by atoms with Gasteiger partial charge in [0.05, 0.1) is 20.6 Å². The van der Waals surface area contributed by atoms with Crippen LogP contribution in [0.5, 0.6) is 5.75 Å². The first-order valence-electron chi connectivity index (χ1n) is 7.09. The molecule has 0 bridgehead atoms. The standard InChI is InChI=1S/C15H14Br3F2N3O2/c1-7(6-25-13-10(17)3-8(16)4-11(13)18)21-15(24)9-5-23(2)22-12(9)14(19)20/h3-5,7,14H,6H2,1-2H3,(H,21,24). The van der Waals surface area contributed by atoms with Gasteiger partial charge in [0.1, 0.15) is 18.1 Å². The van der Waals surface area contributed by atoms with Crippen LogP contribution in [0.25, 0.3) is 0 Å². The molecule has 1 atom stereocenters. The Kier molecular flexibility index (Phi) is 6.98. The lowest BCUT2D eigenvalue weighted by atomic mass is 10.2. The Hall–Kier alpha value is -1.00. The molecule has 0 aliphatic rings. The molecule has 5 nitrogen and oxygen atoms in total. The molecule has 2 rings (SSSR count). The molecule has 1 aromatic carbocycles. The molecule has 0 saturated carbocycles. The van der Waals surface area contributed by atoms with Crippen molar-refractivity contribution in [2.45, 2.75) is 19.4 Å². The SMILES string of the molecule is CC(COc1c(Br)cc(Br)cc1Br)NC(=O)c1cn(C)nc1C(F)F. The number of carbonyl (C=O) groups is 1. The Labute approximate surface area is 168 Å². The minimum absolute atomic E-state index is 0.143. The van der Waals surface area contributed by atoms with Crippen LogP contribution < -0.4 is 10.1 Å². The van der Waals surface area contributed by atoms with Crippen LogP contribution in [0.2, 0.25) is 0 Å². The number of ether oxygens (including phenoxy) is 1. The Balaban J connectivity index is 2.01. The van der Waals surface area contributed by atoms with E-state index in [1.54, 1.807) is 6.92 Å². The molecule has 0 aliphatic carbocycles. The van der Waals surface area contributed by atoms with Gasteiger partial charge in [-0.3, -0.25) is 9.48 Å². The molecule has 0 fully saturated rings. The number of rotatable bonds is 6. The van der Waals surface area contributed by atoms with Crippen LogP contribution in [-0.2, 0) is 7.05 Å². The molecule has 0 saturated heterocycles. The van der Waals surface area contributed by atoms with Gasteiger partial charge in [0.25, 0.3) is 12.3 Å². The molecule has 1 unspecified atom stereocenters. The van der Waals surface area contributed by atoms with Crippen molar-refractivity contribution < 1.29 is 18.3 Å². The molecule has 136 valence electrons. The Morgan fingerprint density at radius 2 is 1.92 bits per heavy atom. The molecule has 1 heterocycles. The van der Waals surface area contributed by atoms with Crippen LogP contribution in [0.1, 0.15) is 29.4 Å². The van der Waals surface area contributed by atoms with E-state index >= 15 is 0 Å². The average Bonchev–Trinajstić information content (AvgIpc) is 2.88. The van der Waals surface area contributed by atoms with E-state index in [1.807, 2.05) is 12.1 Å². The minimum atomic E-state index is -2.82. The van der Waals surface area contributed by atoms with Gasteiger partial charge < -0.3 is 10.1 Å². The molecule has 1 amide bonds. The first-order chi connectivity index (χ1) is 11.7. The maximum Gasteiger partial charge on any atom is 0.282 e. The highest BCUT2D eigenvalue weighted by Crippen LogP contribution is 2.36. The summed E-state index contributed by atoms with van der Waals surface area (Å²) in [6.07, 6.45) is -1.55. The summed E-state index contributed by atoms with van der Waals surface area (Å²) in [5.74, 6) is -0.0348. The van der Waals surface area contributed by atoms with E-state index in [1.165, 1.54) is 17.9 Å². The van der Waals surface area contributed by atoms with Gasteiger partial charge in [-0.1, -0.05) is 15.9 Å². The van der Waals surface area contributed by atoms with Crippen LogP contribution in [0, 0.1) is 0 Å². The summed E-state index contributed by atoms with van der Waals surface area (Å²) in [5, 5.41) is 6.26. The van der Waals surface area contributed by atoms with E-state index in [-0.39, 0.29) is 12.2 Å². The van der Waals surface area contributed by atoms with E-state index in [2.05, 4.69) is 58.2 Å². The third kappa shape index (κ3) is 5.24. The number of hydrogen-bond acceptors (Lipinski definition) is 3. The molecule has 1 aromatic heterocycles. The van der Waals surface area contributed by atoms with Gasteiger partial charge >= 0.3 is 0 Å². The van der Waals surface area contributed by atoms with Crippen molar-refractivity contribution in [2.24, 2.45) is 7.05 Å². The fourth-order valence-corrected chi connectivity index (χ4v) is 4.55. The molecular weight excluding hydrogens is 532 g/mol. The second kappa shape index (κ2) is 8.59. The van der Waals surface area contributed by atoms with Crippen molar-refractivity contribution in [3.63, 3.8) is 0 Å². The van der Waals surface area contributed by atoms with Crippen LogP contribution in [0.4, 0.5) is 8.78 Å². The van der Waals surface area contributed by atoms with Crippen LogP contribution in [-0.4, -0.2) is 28.3 Å². The number of nitrogens with one attached hydrogen (secondary N) is 1. The number of hydrogen-bond donors (Lipinski definition) is 1. The fraction of sp³-hybridized carbons (Fsp3) is 0.333. The number of nitrogens with zero attached hydrogens (tertiary/aromatic N) is 2. The van der Waals surface area contributed by atoms with Crippen molar-refractivity contribution >= 4 is 53.7 Å². The van der Waals surface area contributed by atoms with Gasteiger partial charge in [0.15, 0.2) is 0 Å². The summed E-state index contributed by atoms with van der Waals surface area (Å²) in [6, 6.07) is 3.25. The monoisotopic (exact) mass is 543 g/mol. The lowest BCUT2D eigenvalue weighted by Gasteiger charge is -2.17. The number of amides is 1. The van der Waals surface area contributed by atoms with Crippen molar-refractivity contribution in [2.75, 3.05) is 6.61 Å². The van der Waals surface area contributed by atoms with Gasteiger partial charge in [-0.05, 0) is 50.9 Å². The summed E-state index contributed by atoms with van der Waals surface area (Å²) in [6.45, 7) is 1.88. The molecule has 2 aromatic rings. The first-order valence-corrected chi connectivity index (χ1v) is 9.46. The number of halogens is 5. The zero-order chi connectivity index (χ0) is 18.7. The number of aryl methyl sites for hydroxylation is 1. The zero-order valence-electron chi connectivity index (χ0n) is 13.2. The normalized spacial score (nSPS) is 12.3. The number of benzene rings is 1. The summed E-state index contributed by atoms with van der Waals surface area (Å²) < 4.78 is 35.1. The molecule has 0 spiro atoms. The lowest BCUT2D eigenvalue weighted by molar-refractivity contribution is 0.0912. The lowest BCUT2D eigenvalue weighted by Crippen LogP contribution is -2.37. The smallest absolute Gasteiger partial charge is 0.282 e. The summed E-state index contributed by atoms with van der Waals surface area (Å²) >= 11 is 10.2. The maximum absolute atomic E-state index is 12.9. The van der Waals surface area contributed by atoms with E-state index in [9.17, 15) is 13.6 Å². The number of alkyl halides is 2. The van der Waals surface area contributed by atoms with E-state index in [0.29, 0.717) is 5.75 Å². The predicted molar refractivity (Wildman–Crippen MR) is 100 cm³/mol. The Morgan fingerprint density at radius 3 is 2.48 bits per heavy atom. The third-order valence-corrected chi connectivity index (χ3v) is 4.76. The van der Waals surface area contributed by atoms with Gasteiger partial charge in [-0.15, -0.1) is 0 Å². The molecular formula is C15H14Br3F2N3O2. The second-order valence-corrected chi connectivity index (χ2v) is 7.91. The van der Waals surface area contributed by atoms with Crippen molar-refractivity contribution in [3.8, 4) is 5.75 Å². The Morgan fingerprint density at radius 1 is 1.32 bits per heavy atom. The third-order valence-electron chi connectivity index (χ3n) is 3.13. The maximum atomic E-state index is 12.9.